The number of aromatic hydroxyl groups is 2. The van der Waals surface area contributed by atoms with E-state index in [4.69, 9.17) is 16.6 Å². The summed E-state index contributed by atoms with van der Waals surface area (Å²) in [6, 6.07) is -12.7. The molecular weight excluding hydrogens is 1930 g/mol. The van der Waals surface area contributed by atoms with Crippen molar-refractivity contribution < 1.29 is 161 Å². The second kappa shape index (κ2) is 60.9. The van der Waals surface area contributed by atoms with E-state index in [1.165, 1.54) is 48.5 Å². The first-order valence-corrected chi connectivity index (χ1v) is 45.7. The van der Waals surface area contributed by atoms with Crippen molar-refractivity contribution >= 4 is 167 Å². The maximum absolute atomic E-state index is 14.8. The minimum Gasteiger partial charge on any atom is -0.508 e. The molecule has 0 saturated carbocycles. The van der Waals surface area contributed by atoms with Crippen molar-refractivity contribution in [1.29, 1.82) is 0 Å². The number of carbonyl (C=O) groups excluding carboxylic acids is 19. The Morgan fingerprint density at radius 1 is 0.287 bits per heavy atom. The van der Waals surface area contributed by atoms with Crippen LogP contribution in [0.25, 0.3) is 0 Å². The van der Waals surface area contributed by atoms with Crippen LogP contribution in [-0.2, 0) is 134 Å². The van der Waals surface area contributed by atoms with Crippen molar-refractivity contribution in [3.8, 4) is 11.5 Å². The minimum absolute atomic E-state index is 0.0582. The van der Waals surface area contributed by atoms with Gasteiger partial charge in [0.05, 0.1) is 50.5 Å². The molecule has 19 amide bonds. The van der Waals surface area contributed by atoms with Gasteiger partial charge in [0.25, 0.3) is 0 Å². The van der Waals surface area contributed by atoms with Crippen molar-refractivity contribution in [2.75, 3.05) is 31.1 Å². The fourth-order valence-corrected chi connectivity index (χ4v) is 13.3. The maximum Gasteiger partial charge on any atom is 0.322 e. The molecule has 32 N–H and O–H groups in total. The van der Waals surface area contributed by atoms with E-state index in [-0.39, 0.29) is 60.6 Å². The molecule has 143 heavy (non-hydrogen) atoms. The highest BCUT2D eigenvalue weighted by molar-refractivity contribution is 7.80. The Morgan fingerprint density at radius 3 is 0.916 bits per heavy atom. The van der Waals surface area contributed by atoms with Gasteiger partial charge in [-0.2, -0.15) is 25.3 Å². The molecule has 0 saturated heterocycles. The number of carbonyl (C=O) groups is 24. The van der Waals surface area contributed by atoms with Gasteiger partial charge in [-0.3, -0.25) is 115 Å². The third-order valence-corrected chi connectivity index (χ3v) is 21.7. The molecule has 3 rings (SSSR count). The summed E-state index contributed by atoms with van der Waals surface area (Å²) in [5.41, 5.74) is 12.6. The number of nitrogens with one attached hydrogen (secondary N) is 19. The molecule has 0 fully saturated rings. The van der Waals surface area contributed by atoms with Crippen molar-refractivity contribution in [3.05, 3.63) is 95.6 Å². The van der Waals surface area contributed by atoms with Crippen LogP contribution in [0.15, 0.2) is 78.9 Å². The van der Waals surface area contributed by atoms with Crippen molar-refractivity contribution in [2.45, 2.75) is 247 Å². The van der Waals surface area contributed by atoms with Crippen LogP contribution in [0.3, 0.4) is 0 Å². The van der Waals surface area contributed by atoms with Gasteiger partial charge >= 0.3 is 29.8 Å². The number of rotatable bonds is 62. The fourth-order valence-electron chi connectivity index (χ4n) is 12.8. The number of benzene rings is 3. The Balaban J connectivity index is 1.82. The van der Waals surface area contributed by atoms with Gasteiger partial charge in [-0.15, -0.1) is 0 Å². The topological polar surface area (TPSA) is 872 Å². The quantitative estimate of drug-likeness (QED) is 0.0184. The van der Waals surface area contributed by atoms with Crippen LogP contribution in [-0.4, -0.2) is 340 Å². The number of aliphatic carboxylic acids is 5. The maximum atomic E-state index is 14.8. The standard InChI is InChI=1S/C87H125N21O33S2/c1-38(2)67(89)85(139)106-60(37-143)84(138)102-58(33-65(120)121)82(136)101-57(32-64(118)119)78(132)96-41(5)72(126)92-42(6)73(127)107-68(44(8)109)86(140)103-54(29-48-20-24-50(112)25-21-48)80(134)99-53(27-46-15-11-10-12-16-46)81(135)105-59(36-142)83(137)94-39(3)70(124)90-34-61(113)97-52(28-47-18-22-49(111)23-19-47)79(133)98-51(17-13-14-26-88)76(130)100-56(31-63(116)117)77(131)95-40(4)71(125)93-43(7)74(128)108-69(45(9)110)87(141)104-55(30-62(114)115)75(129)91-35-66(122)123/h10-12,15-16,18-25,38-45,51-60,67-69,109-112,142-143H,13-14,17,26-37,88-89H2,1-9H3,(H,90,124)(H,91,129)(H,92,126)(H,93,125)(H,94,137)(H,95,131)(H,96,132)(H,97,113)(H,98,133)(H,99,134)(H,100,130)(H,101,136)(H,102,138)(H,103,140)(H,104,141)(H,105,135)(H,106,139)(H,107,127)(H,108,128)(H,114,115)(H,116,117)(H,118,119)(H,120,121)(H,122,123)/t39-,40-,41-,42-,43-,44+,45+,51-,52-,53-,54-,55-,56-,57-,58-,59-,60-,67-,68-,69-/m0/s1. The van der Waals surface area contributed by atoms with Crippen LogP contribution in [0.1, 0.15) is 124 Å². The fraction of sp³-hybridized carbons (Fsp3) is 0.517. The van der Waals surface area contributed by atoms with Crippen molar-refractivity contribution in [1.82, 2.24) is 101 Å². The average molecular weight is 2060 g/mol. The van der Waals surface area contributed by atoms with Gasteiger partial charge in [0.2, 0.25) is 112 Å². The first-order valence-electron chi connectivity index (χ1n) is 44.4. The van der Waals surface area contributed by atoms with Crippen LogP contribution < -0.4 is 112 Å². The molecule has 3 aromatic carbocycles. The van der Waals surface area contributed by atoms with E-state index in [1.54, 1.807) is 44.2 Å². The first-order chi connectivity index (χ1) is 67.0. The second-order valence-corrected chi connectivity index (χ2v) is 34.1. The number of phenols is 2. The molecule has 0 heterocycles. The molecule has 0 aliphatic rings. The van der Waals surface area contributed by atoms with Crippen LogP contribution >= 0.6 is 25.3 Å². The molecule has 0 spiro atoms. The van der Waals surface area contributed by atoms with E-state index in [2.05, 4.69) is 110 Å². The number of unbranched alkanes of at least 4 members (excludes halogenated alkanes) is 1. The molecule has 56 heteroatoms. The number of nitrogens with two attached hydrogens (primary N) is 2. The smallest absolute Gasteiger partial charge is 0.322 e. The van der Waals surface area contributed by atoms with Gasteiger partial charge in [0, 0.05) is 30.8 Å². The van der Waals surface area contributed by atoms with Gasteiger partial charge in [-0.1, -0.05) is 68.4 Å². The first kappa shape index (κ1) is 122. The molecule has 0 radical (unpaired) electrons. The summed E-state index contributed by atoms with van der Waals surface area (Å²) in [6.07, 6.45) is -9.20. The van der Waals surface area contributed by atoms with E-state index < -0.39 is 326 Å². The van der Waals surface area contributed by atoms with E-state index in [0.717, 1.165) is 48.5 Å². The Morgan fingerprint density at radius 2 is 0.559 bits per heavy atom. The lowest BCUT2D eigenvalue weighted by Gasteiger charge is -2.28. The number of phenolic OH excluding ortho intramolecular Hbond substituents is 2. The number of aliphatic hydroxyl groups excluding tert-OH is 2. The Hall–Kier alpha value is -14.9. The molecule has 3 aromatic rings. The Bertz CT molecular complexity index is 5010. The van der Waals surface area contributed by atoms with E-state index in [1.807, 2.05) is 16.0 Å². The summed E-state index contributed by atoms with van der Waals surface area (Å²) in [7, 11) is 0. The molecular formula is C87H125N21O33S2. The SMILES string of the molecule is CC(C)[C@H](N)C(=O)N[C@@H](CS)C(=O)N[C@@H](CC(=O)O)C(=O)N[C@@H](CC(=O)O)C(=O)N[C@@H](C)C(=O)N[C@@H](C)C(=O)N[C@H](C(=O)N[C@@H](Cc1ccc(O)cc1)C(=O)N[C@@H](Cc1ccccc1)C(=O)N[C@@H](CS)C(=O)N[C@@H](C)C(=O)NCC(=O)N[C@@H](Cc1ccc(O)cc1)C(=O)N[C@@H](CCCCN)C(=O)N[C@@H](CC(=O)O)C(=O)N[C@@H](C)C(=O)N[C@@H](C)C(=O)N[C@H](C(=O)N[C@@H](CC(=O)O)C(=O)NCC(=O)O)[C@@H](C)O)[C@@H](C)O. The number of aliphatic hydroxyl groups is 2. The lowest BCUT2D eigenvalue weighted by atomic mass is 10.0. The third-order valence-electron chi connectivity index (χ3n) is 21.0. The normalized spacial score (nSPS) is 15.2. The largest absolute Gasteiger partial charge is 0.508 e. The number of carboxylic acids is 5. The number of amides is 19. The summed E-state index contributed by atoms with van der Waals surface area (Å²) in [6.45, 7) is 8.90. The number of hydrogen-bond donors (Lipinski definition) is 32. The lowest BCUT2D eigenvalue weighted by molar-refractivity contribution is -0.143. The summed E-state index contributed by atoms with van der Waals surface area (Å²) in [5.74, 6) is -32.0. The van der Waals surface area contributed by atoms with E-state index in [9.17, 15) is 156 Å². The van der Waals surface area contributed by atoms with Crippen LogP contribution in [0.4, 0.5) is 0 Å². The van der Waals surface area contributed by atoms with Crippen molar-refractivity contribution in [2.24, 2.45) is 17.4 Å². The lowest BCUT2D eigenvalue weighted by Crippen LogP contribution is -2.62. The summed E-state index contributed by atoms with van der Waals surface area (Å²) in [4.78, 5) is 319. The Labute approximate surface area is 828 Å². The van der Waals surface area contributed by atoms with Crippen molar-refractivity contribution in [3.63, 3.8) is 0 Å². The van der Waals surface area contributed by atoms with Gasteiger partial charge in [0.15, 0.2) is 0 Å². The highest BCUT2D eigenvalue weighted by Gasteiger charge is 2.41. The predicted octanol–water partition coefficient (Wildman–Crippen LogP) is -10.6. The summed E-state index contributed by atoms with van der Waals surface area (Å²) >= 11 is 8.29. The average Bonchev–Trinajstić information content (AvgIpc) is 0.508. The van der Waals surface area contributed by atoms with Crippen LogP contribution in [0.2, 0.25) is 0 Å². The zero-order valence-electron chi connectivity index (χ0n) is 79.1. The molecule has 0 aromatic heterocycles. The molecule has 0 aliphatic carbocycles. The van der Waals surface area contributed by atoms with E-state index >= 15 is 0 Å². The second-order valence-electron chi connectivity index (χ2n) is 33.3. The zero-order valence-corrected chi connectivity index (χ0v) is 80.9. The third kappa shape index (κ3) is 44.2. The molecule has 0 bridgehead atoms. The van der Waals surface area contributed by atoms with Gasteiger partial charge < -0.3 is 158 Å². The van der Waals surface area contributed by atoms with Crippen LogP contribution in [0.5, 0.6) is 11.5 Å². The van der Waals surface area contributed by atoms with E-state index in [0.29, 0.717) is 5.56 Å². The van der Waals surface area contributed by atoms with Gasteiger partial charge in [-0.05, 0) is 121 Å². The highest BCUT2D eigenvalue weighted by atomic mass is 32.1. The monoisotopic (exact) mass is 2060 g/mol. The Kier molecular flexibility index (Phi) is 52.1. The number of hydrogen-bond acceptors (Lipinski definition) is 32. The van der Waals surface area contributed by atoms with Gasteiger partial charge in [-0.25, -0.2) is 0 Å². The highest BCUT2D eigenvalue weighted by Crippen LogP contribution is 2.17. The zero-order chi connectivity index (χ0) is 108. The number of thiol groups is 2. The molecule has 0 unspecified atom stereocenters. The minimum atomic E-state index is -2.07. The molecule has 0 aliphatic heterocycles. The molecule has 788 valence electrons. The van der Waals surface area contributed by atoms with Crippen LogP contribution in [0, 0.1) is 5.92 Å². The predicted molar refractivity (Wildman–Crippen MR) is 504 cm³/mol. The number of carboxylic acid groups (broad SMARTS) is 5. The molecule has 54 nitrogen and oxygen atoms in total. The van der Waals surface area contributed by atoms with Gasteiger partial charge in [0.1, 0.15) is 121 Å². The molecule has 20 atom stereocenters. The summed E-state index contributed by atoms with van der Waals surface area (Å²) in [5, 5.41) is 132. The summed E-state index contributed by atoms with van der Waals surface area (Å²) < 4.78 is 0.